The molecule has 0 aliphatic carbocycles. The molecule has 192 valence electrons. The molecule has 0 aromatic heterocycles. The van der Waals surface area contributed by atoms with Crippen LogP contribution in [0.3, 0.4) is 0 Å². The monoisotopic (exact) mass is 503 g/mol. The Morgan fingerprint density at radius 1 is 1.00 bits per heavy atom. The van der Waals surface area contributed by atoms with E-state index in [0.717, 1.165) is 14.2 Å². The first-order valence-corrected chi connectivity index (χ1v) is 10.8. The van der Waals surface area contributed by atoms with Gasteiger partial charge in [-0.25, -0.2) is 9.18 Å². The van der Waals surface area contributed by atoms with Crippen molar-refractivity contribution < 1.29 is 38.0 Å². The Labute approximate surface area is 206 Å². The molecule has 2 N–H and O–H groups in total. The van der Waals surface area contributed by atoms with Gasteiger partial charge in [-0.05, 0) is 17.2 Å². The number of ether oxygens (including phenoxy) is 2. The van der Waals surface area contributed by atoms with E-state index in [4.69, 9.17) is 9.47 Å². The van der Waals surface area contributed by atoms with Crippen molar-refractivity contribution in [3.8, 4) is 0 Å². The van der Waals surface area contributed by atoms with Crippen molar-refractivity contribution in [3.63, 3.8) is 0 Å². The van der Waals surface area contributed by atoms with Gasteiger partial charge >= 0.3 is 11.9 Å². The van der Waals surface area contributed by atoms with Crippen LogP contribution >= 0.6 is 0 Å². The van der Waals surface area contributed by atoms with Crippen molar-refractivity contribution in [1.82, 2.24) is 10.6 Å². The van der Waals surface area contributed by atoms with Crippen LogP contribution in [0.25, 0.3) is 0 Å². The predicted molar refractivity (Wildman–Crippen MR) is 124 cm³/mol. The lowest BCUT2D eigenvalue weighted by Gasteiger charge is -2.28. The van der Waals surface area contributed by atoms with Crippen molar-refractivity contribution >= 4 is 29.4 Å². The highest BCUT2D eigenvalue weighted by Gasteiger charge is 2.36. The molecule has 0 radical (unpaired) electrons. The van der Waals surface area contributed by atoms with E-state index in [1.165, 1.54) is 49.4 Å². The number of methoxy groups -OCH3 is 2. The molecule has 2 amide bonds. The molecule has 0 saturated heterocycles. The zero-order valence-electron chi connectivity index (χ0n) is 19.9. The van der Waals surface area contributed by atoms with Gasteiger partial charge in [0.1, 0.15) is 17.9 Å². The van der Waals surface area contributed by atoms with E-state index >= 15 is 0 Å². The number of hydrogen-bond donors (Lipinski definition) is 2. The van der Waals surface area contributed by atoms with Crippen LogP contribution in [0.2, 0.25) is 0 Å². The molecule has 0 fully saturated rings. The maximum atomic E-state index is 14.2. The topological polar surface area (TPSA) is 154 Å². The maximum absolute atomic E-state index is 14.2. The Kier molecular flexibility index (Phi) is 10.0. The number of benzene rings is 2. The van der Waals surface area contributed by atoms with Gasteiger partial charge in [0.25, 0.3) is 5.69 Å². The second kappa shape index (κ2) is 12.9. The Hall–Kier alpha value is -4.35. The fraction of sp³-hybridized carbons (Fsp3) is 0.333. The summed E-state index contributed by atoms with van der Waals surface area (Å²) in [4.78, 5) is 60.2. The molecule has 0 heterocycles. The highest BCUT2D eigenvalue weighted by molar-refractivity contribution is 5.91. The highest BCUT2D eigenvalue weighted by atomic mass is 19.1. The van der Waals surface area contributed by atoms with Crippen LogP contribution in [0.1, 0.15) is 30.4 Å². The Balaban J connectivity index is 2.43. The molecule has 0 aliphatic rings. The first-order chi connectivity index (χ1) is 17.1. The minimum Gasteiger partial charge on any atom is -0.469 e. The largest absolute Gasteiger partial charge is 0.469 e. The average Bonchev–Trinajstić information content (AvgIpc) is 2.85. The number of nitro benzene ring substituents is 1. The second-order valence-electron chi connectivity index (χ2n) is 7.79. The maximum Gasteiger partial charge on any atom is 0.329 e. The van der Waals surface area contributed by atoms with Gasteiger partial charge in [-0.1, -0.05) is 30.3 Å². The summed E-state index contributed by atoms with van der Waals surface area (Å²) in [5.41, 5.74) is 0.249. The van der Waals surface area contributed by atoms with Crippen molar-refractivity contribution in [2.75, 3.05) is 14.2 Å². The SMILES string of the molecule is COC(=O)C[C@H](c1ccc([N+](=O)[O-])cc1)[C@@H](NC(=O)[C@@H](Cc1ccccc1F)NC(C)=O)C(=O)OC. The summed E-state index contributed by atoms with van der Waals surface area (Å²) in [7, 11) is 2.22. The molecule has 0 bridgehead atoms. The lowest BCUT2D eigenvalue weighted by molar-refractivity contribution is -0.384. The second-order valence-corrected chi connectivity index (χ2v) is 7.79. The van der Waals surface area contributed by atoms with E-state index in [9.17, 15) is 33.7 Å². The molecule has 3 atom stereocenters. The molecule has 36 heavy (non-hydrogen) atoms. The minimum absolute atomic E-state index is 0.155. The van der Waals surface area contributed by atoms with Crippen LogP contribution in [0.15, 0.2) is 48.5 Å². The van der Waals surface area contributed by atoms with Crippen molar-refractivity contribution in [3.05, 3.63) is 75.6 Å². The molecule has 2 aromatic rings. The van der Waals surface area contributed by atoms with Gasteiger partial charge in [-0.2, -0.15) is 0 Å². The van der Waals surface area contributed by atoms with Crippen molar-refractivity contribution in [1.29, 1.82) is 0 Å². The summed E-state index contributed by atoms with van der Waals surface area (Å²) in [6.45, 7) is 1.18. The van der Waals surface area contributed by atoms with Gasteiger partial charge in [-0.15, -0.1) is 0 Å². The van der Waals surface area contributed by atoms with Gasteiger partial charge in [-0.3, -0.25) is 24.5 Å². The Bertz CT molecular complexity index is 1120. The summed E-state index contributed by atoms with van der Waals surface area (Å²) in [6, 6.07) is 8.06. The fourth-order valence-corrected chi connectivity index (χ4v) is 3.58. The van der Waals surface area contributed by atoms with Gasteiger partial charge < -0.3 is 20.1 Å². The molecule has 2 rings (SSSR count). The molecule has 0 unspecified atom stereocenters. The van der Waals surface area contributed by atoms with Crippen LogP contribution < -0.4 is 10.6 Å². The van der Waals surface area contributed by atoms with Gasteiger partial charge in [0.15, 0.2) is 0 Å². The zero-order chi connectivity index (χ0) is 26.8. The number of rotatable bonds is 11. The molecule has 12 heteroatoms. The number of nitro groups is 1. The van der Waals surface area contributed by atoms with E-state index in [0.29, 0.717) is 5.56 Å². The number of halogens is 1. The van der Waals surface area contributed by atoms with Crippen molar-refractivity contribution in [2.45, 2.75) is 37.8 Å². The third-order valence-electron chi connectivity index (χ3n) is 5.38. The molecule has 2 aromatic carbocycles. The van der Waals surface area contributed by atoms with Crippen LogP contribution in [-0.2, 0) is 35.1 Å². The summed E-state index contributed by atoms with van der Waals surface area (Å²) in [5, 5.41) is 15.9. The molecule has 0 spiro atoms. The number of carbonyl (C=O) groups is 4. The standard InChI is InChI=1S/C24H26FN3O8/c1-14(29)26-20(12-16-6-4-5-7-19(16)25)23(31)27-22(24(32)36-3)18(13-21(30)35-2)15-8-10-17(11-9-15)28(33)34/h4-11,18,20,22H,12-13H2,1-3H3,(H,26,29)(H,27,31)/t18-,20-,22-/m1/s1. The van der Waals surface area contributed by atoms with E-state index in [-0.39, 0.29) is 24.1 Å². The smallest absolute Gasteiger partial charge is 0.329 e. The molecule has 11 nitrogen and oxygen atoms in total. The number of hydrogen-bond acceptors (Lipinski definition) is 8. The third-order valence-corrected chi connectivity index (χ3v) is 5.38. The van der Waals surface area contributed by atoms with Crippen LogP contribution in [0.4, 0.5) is 10.1 Å². The lowest BCUT2D eigenvalue weighted by Crippen LogP contribution is -2.54. The van der Waals surface area contributed by atoms with Gasteiger partial charge in [0, 0.05) is 31.4 Å². The normalized spacial score (nSPS) is 13.0. The van der Waals surface area contributed by atoms with E-state index < -0.39 is 52.5 Å². The van der Waals surface area contributed by atoms with Crippen LogP contribution in [0, 0.1) is 15.9 Å². The first-order valence-electron chi connectivity index (χ1n) is 10.8. The third kappa shape index (κ3) is 7.58. The molecular formula is C24H26FN3O8. The number of carbonyl (C=O) groups excluding carboxylic acids is 4. The van der Waals surface area contributed by atoms with E-state index in [2.05, 4.69) is 10.6 Å². The fourth-order valence-electron chi connectivity index (χ4n) is 3.58. The van der Waals surface area contributed by atoms with Gasteiger partial charge in [0.05, 0.1) is 25.6 Å². The Morgan fingerprint density at radius 2 is 1.64 bits per heavy atom. The highest BCUT2D eigenvalue weighted by Crippen LogP contribution is 2.27. The molecule has 0 aliphatic heterocycles. The number of amides is 2. The predicted octanol–water partition coefficient (Wildman–Crippen LogP) is 1.79. The summed E-state index contributed by atoms with van der Waals surface area (Å²) >= 11 is 0. The van der Waals surface area contributed by atoms with E-state index in [1.54, 1.807) is 6.07 Å². The molecule has 0 saturated carbocycles. The zero-order valence-corrected chi connectivity index (χ0v) is 19.9. The first kappa shape index (κ1) is 27.9. The van der Waals surface area contributed by atoms with Gasteiger partial charge in [0.2, 0.25) is 11.8 Å². The van der Waals surface area contributed by atoms with Crippen LogP contribution in [-0.4, -0.2) is 55.0 Å². The van der Waals surface area contributed by atoms with Crippen LogP contribution in [0.5, 0.6) is 0 Å². The number of esters is 2. The summed E-state index contributed by atoms with van der Waals surface area (Å²) < 4.78 is 23.7. The minimum atomic E-state index is -1.44. The summed E-state index contributed by atoms with van der Waals surface area (Å²) in [6.07, 6.45) is -0.600. The average molecular weight is 503 g/mol. The lowest BCUT2D eigenvalue weighted by atomic mass is 9.87. The van der Waals surface area contributed by atoms with Crippen molar-refractivity contribution in [2.24, 2.45) is 0 Å². The number of nitrogens with one attached hydrogen (secondary N) is 2. The summed E-state index contributed by atoms with van der Waals surface area (Å²) in [5.74, 6) is -4.65. The number of nitrogens with zero attached hydrogens (tertiary/aromatic N) is 1. The Morgan fingerprint density at radius 3 is 2.17 bits per heavy atom. The van der Waals surface area contributed by atoms with E-state index in [1.807, 2.05) is 0 Å². The number of non-ortho nitro benzene ring substituents is 1. The quantitative estimate of drug-likeness (QED) is 0.267. The molecular weight excluding hydrogens is 477 g/mol.